The van der Waals surface area contributed by atoms with Crippen LogP contribution in [0, 0.1) is 0 Å². The molecule has 0 saturated carbocycles. The Kier molecular flexibility index (Phi) is 5.63. The molecule has 156 valence electrons. The molecular weight excluding hydrogens is 406 g/mol. The molecule has 0 bridgehead atoms. The molecule has 2 aromatic carbocycles. The lowest BCUT2D eigenvalue weighted by Crippen LogP contribution is -2.48. The number of hydrogen-bond acceptors (Lipinski definition) is 4. The summed E-state index contributed by atoms with van der Waals surface area (Å²) >= 11 is 6.11. The standard InChI is InChI=1S/C22H22ClN3O4/c1-30-16-5-2-4-14(10-16)12-24-20(27)13-26-18-8-7-15(23)11-17(18)21(28)25-9-3-6-19(25)22(26)29/h2,4-5,7-8,10-11,19H,3,6,9,12-13H2,1H3,(H,24,27)/t19-/m0/s1. The first-order valence-corrected chi connectivity index (χ1v) is 10.2. The van der Waals surface area contributed by atoms with E-state index in [1.807, 2.05) is 24.3 Å². The van der Waals surface area contributed by atoms with Crippen molar-refractivity contribution in [1.82, 2.24) is 10.2 Å². The van der Waals surface area contributed by atoms with Gasteiger partial charge in [0.2, 0.25) is 11.8 Å². The maximum Gasteiger partial charge on any atom is 0.256 e. The van der Waals surface area contributed by atoms with E-state index in [9.17, 15) is 14.4 Å². The molecule has 1 atom stereocenters. The van der Waals surface area contributed by atoms with Gasteiger partial charge in [-0.3, -0.25) is 14.4 Å². The first kappa shape index (κ1) is 20.2. The fourth-order valence-corrected chi connectivity index (χ4v) is 4.15. The number of nitrogens with one attached hydrogen (secondary N) is 1. The van der Waals surface area contributed by atoms with Gasteiger partial charge >= 0.3 is 0 Å². The number of rotatable bonds is 5. The molecule has 1 N–H and O–H groups in total. The van der Waals surface area contributed by atoms with Gasteiger partial charge in [-0.15, -0.1) is 0 Å². The number of benzene rings is 2. The van der Waals surface area contributed by atoms with E-state index in [2.05, 4.69) is 5.32 Å². The van der Waals surface area contributed by atoms with E-state index in [-0.39, 0.29) is 24.3 Å². The van der Waals surface area contributed by atoms with Crippen LogP contribution >= 0.6 is 11.6 Å². The van der Waals surface area contributed by atoms with Crippen LogP contribution in [-0.2, 0) is 16.1 Å². The number of methoxy groups -OCH3 is 1. The molecule has 2 aromatic rings. The third-order valence-corrected chi connectivity index (χ3v) is 5.71. The maximum absolute atomic E-state index is 13.2. The van der Waals surface area contributed by atoms with E-state index in [0.717, 1.165) is 12.0 Å². The first-order chi connectivity index (χ1) is 14.5. The molecule has 2 aliphatic rings. The van der Waals surface area contributed by atoms with Crippen LogP contribution in [0.2, 0.25) is 5.02 Å². The second-order valence-electron chi connectivity index (χ2n) is 7.37. The highest BCUT2D eigenvalue weighted by Gasteiger charge is 2.42. The van der Waals surface area contributed by atoms with E-state index < -0.39 is 6.04 Å². The van der Waals surface area contributed by atoms with Crippen molar-refractivity contribution >= 4 is 35.0 Å². The van der Waals surface area contributed by atoms with Crippen LogP contribution < -0.4 is 15.0 Å². The summed E-state index contributed by atoms with van der Waals surface area (Å²) in [5.41, 5.74) is 1.65. The minimum absolute atomic E-state index is 0.172. The van der Waals surface area contributed by atoms with Gasteiger partial charge in [0.05, 0.1) is 18.4 Å². The molecule has 2 heterocycles. The molecular formula is C22H22ClN3O4. The Bertz CT molecular complexity index is 1010. The van der Waals surface area contributed by atoms with Gasteiger partial charge in [0.1, 0.15) is 18.3 Å². The number of anilines is 1. The van der Waals surface area contributed by atoms with Crippen LogP contribution in [0.4, 0.5) is 5.69 Å². The van der Waals surface area contributed by atoms with Crippen LogP contribution in [0.25, 0.3) is 0 Å². The van der Waals surface area contributed by atoms with Gasteiger partial charge in [0.15, 0.2) is 0 Å². The van der Waals surface area contributed by atoms with Crippen molar-refractivity contribution in [1.29, 1.82) is 0 Å². The van der Waals surface area contributed by atoms with Crippen LogP contribution in [0.1, 0.15) is 28.8 Å². The van der Waals surface area contributed by atoms with Gasteiger partial charge in [-0.1, -0.05) is 23.7 Å². The second-order valence-corrected chi connectivity index (χ2v) is 7.81. The summed E-state index contributed by atoms with van der Waals surface area (Å²) in [5.74, 6) is -0.0675. The zero-order valence-electron chi connectivity index (χ0n) is 16.6. The summed E-state index contributed by atoms with van der Waals surface area (Å²) in [7, 11) is 1.58. The summed E-state index contributed by atoms with van der Waals surface area (Å²) in [6, 6.07) is 11.7. The molecule has 0 radical (unpaired) electrons. The number of amides is 3. The van der Waals surface area contributed by atoms with Crippen molar-refractivity contribution in [3.8, 4) is 5.75 Å². The van der Waals surface area contributed by atoms with Crippen LogP contribution in [0.15, 0.2) is 42.5 Å². The molecule has 0 aromatic heterocycles. The summed E-state index contributed by atoms with van der Waals surface area (Å²) in [5, 5.41) is 3.25. The van der Waals surface area contributed by atoms with Gasteiger partial charge in [-0.05, 0) is 48.7 Å². The van der Waals surface area contributed by atoms with Crippen molar-refractivity contribution in [2.75, 3.05) is 25.1 Å². The lowest BCUT2D eigenvalue weighted by Gasteiger charge is -2.25. The summed E-state index contributed by atoms with van der Waals surface area (Å²) in [6.07, 6.45) is 1.35. The minimum atomic E-state index is -0.546. The van der Waals surface area contributed by atoms with Crippen LogP contribution in [0.5, 0.6) is 5.75 Å². The molecule has 4 rings (SSSR count). The predicted octanol–water partition coefficient (Wildman–Crippen LogP) is 2.62. The maximum atomic E-state index is 13.2. The third kappa shape index (κ3) is 3.85. The van der Waals surface area contributed by atoms with E-state index >= 15 is 0 Å². The zero-order chi connectivity index (χ0) is 21.3. The van der Waals surface area contributed by atoms with Gasteiger partial charge in [-0.2, -0.15) is 0 Å². The number of nitrogens with zero attached hydrogens (tertiary/aromatic N) is 2. The smallest absolute Gasteiger partial charge is 0.256 e. The molecule has 0 aliphatic carbocycles. The van der Waals surface area contributed by atoms with E-state index in [4.69, 9.17) is 16.3 Å². The van der Waals surface area contributed by atoms with Gasteiger partial charge in [-0.25, -0.2) is 0 Å². The van der Waals surface area contributed by atoms with Crippen molar-refractivity contribution in [3.63, 3.8) is 0 Å². The van der Waals surface area contributed by atoms with Crippen LogP contribution in [0.3, 0.4) is 0 Å². The van der Waals surface area contributed by atoms with Crippen molar-refractivity contribution in [2.24, 2.45) is 0 Å². The average Bonchev–Trinajstić information content (AvgIpc) is 3.23. The highest BCUT2D eigenvalue weighted by molar-refractivity contribution is 6.31. The summed E-state index contributed by atoms with van der Waals surface area (Å²) < 4.78 is 5.20. The van der Waals surface area contributed by atoms with Crippen molar-refractivity contribution in [3.05, 3.63) is 58.6 Å². The number of hydrogen-bond donors (Lipinski definition) is 1. The molecule has 0 spiro atoms. The SMILES string of the molecule is COc1cccc(CNC(=O)CN2C(=O)[C@@H]3CCCN3C(=O)c3cc(Cl)ccc32)c1. The highest BCUT2D eigenvalue weighted by atomic mass is 35.5. The average molecular weight is 428 g/mol. The van der Waals surface area contributed by atoms with E-state index in [1.54, 1.807) is 30.2 Å². The Morgan fingerprint density at radius 2 is 2.07 bits per heavy atom. The fourth-order valence-electron chi connectivity index (χ4n) is 3.98. The number of carbonyl (C=O) groups is 3. The molecule has 3 amide bonds. The monoisotopic (exact) mass is 427 g/mol. The second kappa shape index (κ2) is 8.36. The normalized spacial score (nSPS) is 18.0. The summed E-state index contributed by atoms with van der Waals surface area (Å²) in [6.45, 7) is 0.659. The van der Waals surface area contributed by atoms with E-state index in [0.29, 0.717) is 41.5 Å². The Morgan fingerprint density at radius 1 is 1.23 bits per heavy atom. The molecule has 0 unspecified atom stereocenters. The molecule has 1 fully saturated rings. The molecule has 1 saturated heterocycles. The lowest BCUT2D eigenvalue weighted by molar-refractivity contribution is -0.125. The molecule has 2 aliphatic heterocycles. The number of carbonyl (C=O) groups excluding carboxylic acids is 3. The number of fused-ring (bicyclic) bond motifs is 2. The largest absolute Gasteiger partial charge is 0.497 e. The topological polar surface area (TPSA) is 79.0 Å². The Balaban J connectivity index is 1.55. The van der Waals surface area contributed by atoms with Crippen molar-refractivity contribution < 1.29 is 19.1 Å². The Hall–Kier alpha value is -3.06. The number of halogens is 1. The molecule has 30 heavy (non-hydrogen) atoms. The highest BCUT2D eigenvalue weighted by Crippen LogP contribution is 2.33. The lowest BCUT2D eigenvalue weighted by atomic mass is 10.1. The van der Waals surface area contributed by atoms with E-state index in [1.165, 1.54) is 4.90 Å². The Morgan fingerprint density at radius 3 is 2.87 bits per heavy atom. The molecule has 8 heteroatoms. The minimum Gasteiger partial charge on any atom is -0.497 e. The van der Waals surface area contributed by atoms with Gasteiger partial charge in [0.25, 0.3) is 5.91 Å². The summed E-state index contributed by atoms with van der Waals surface area (Å²) in [4.78, 5) is 41.9. The van der Waals surface area contributed by atoms with Gasteiger partial charge in [0, 0.05) is 18.1 Å². The predicted molar refractivity (Wildman–Crippen MR) is 113 cm³/mol. The third-order valence-electron chi connectivity index (χ3n) is 5.47. The van der Waals surface area contributed by atoms with Crippen LogP contribution in [-0.4, -0.2) is 48.9 Å². The molecule has 7 nitrogen and oxygen atoms in total. The van der Waals surface area contributed by atoms with Crippen molar-refractivity contribution in [2.45, 2.75) is 25.4 Å². The quantitative estimate of drug-likeness (QED) is 0.795. The fraction of sp³-hybridized carbons (Fsp3) is 0.318. The van der Waals surface area contributed by atoms with Gasteiger partial charge < -0.3 is 19.9 Å². The Labute approximate surface area is 179 Å². The first-order valence-electron chi connectivity index (χ1n) is 9.79. The number of ether oxygens (including phenoxy) is 1. The zero-order valence-corrected chi connectivity index (χ0v) is 17.3.